The van der Waals surface area contributed by atoms with Gasteiger partial charge in [0, 0.05) is 42.3 Å². The minimum Gasteiger partial charge on any atom is -0.392 e. The van der Waals surface area contributed by atoms with Gasteiger partial charge in [-0.05, 0) is 337 Å². The summed E-state index contributed by atoms with van der Waals surface area (Å²) >= 11 is 0. The molecule has 9 unspecified atom stereocenters. The maximum Gasteiger partial charge on any atom is 0.0696 e. The molecule has 0 radical (unpaired) electrons. The first-order valence-electron chi connectivity index (χ1n) is 37.9. The molecule has 0 aromatic heterocycles. The molecule has 0 aliphatic heterocycles. The van der Waals surface area contributed by atoms with E-state index in [4.69, 9.17) is 40.1 Å². The molecule has 9 heteroatoms. The van der Waals surface area contributed by atoms with E-state index in [2.05, 4.69) is 55.4 Å². The largest absolute Gasteiger partial charge is 0.392 e. The lowest BCUT2D eigenvalue weighted by molar-refractivity contribution is -0.129. The van der Waals surface area contributed by atoms with E-state index in [0.29, 0.717) is 61.1 Å². The number of aliphatic hydroxyl groups excluding tert-OH is 2. The van der Waals surface area contributed by atoms with Crippen LogP contribution in [-0.2, 0) is 0 Å². The summed E-state index contributed by atoms with van der Waals surface area (Å²) in [5.41, 5.74) is 48.9. The fourth-order valence-electron chi connectivity index (χ4n) is 29.8. The van der Waals surface area contributed by atoms with E-state index in [-0.39, 0.29) is 54.5 Å². The highest BCUT2D eigenvalue weighted by Gasteiger charge is 2.64. The summed E-state index contributed by atoms with van der Waals surface area (Å²) in [5.74, 6) is 13.9. The molecule has 9 nitrogen and oxygen atoms in total. The predicted molar refractivity (Wildman–Crippen MR) is 350 cm³/mol. The molecular weight excluding hydrogens is 1040 g/mol. The molecule has 16 fully saturated rings. The van der Waals surface area contributed by atoms with E-state index in [1.807, 2.05) is 0 Å². The van der Waals surface area contributed by atoms with Gasteiger partial charge in [0.1, 0.15) is 0 Å². The van der Waals surface area contributed by atoms with Gasteiger partial charge in [0.2, 0.25) is 0 Å². The van der Waals surface area contributed by atoms with Crippen molar-refractivity contribution in [2.75, 3.05) is 0 Å². The van der Waals surface area contributed by atoms with Crippen LogP contribution in [0.4, 0.5) is 0 Å². The summed E-state index contributed by atoms with van der Waals surface area (Å²) in [5, 5.41) is 20.6. The maximum absolute atomic E-state index is 10.4. The Morgan fingerprint density at radius 1 is 0.259 bits per heavy atom. The highest BCUT2D eigenvalue weighted by molar-refractivity contribution is 5.16. The molecule has 16 rings (SSSR count). The van der Waals surface area contributed by atoms with E-state index >= 15 is 0 Å². The lowest BCUT2D eigenvalue weighted by Gasteiger charge is -2.62. The molecule has 16 N–H and O–H groups in total. The Balaban J connectivity index is 0.000000105. The first-order valence-corrected chi connectivity index (χ1v) is 37.9. The van der Waals surface area contributed by atoms with E-state index < -0.39 is 0 Å². The number of nitrogens with two attached hydrogens (primary N) is 7. The van der Waals surface area contributed by atoms with E-state index in [0.717, 1.165) is 109 Å². The van der Waals surface area contributed by atoms with Crippen molar-refractivity contribution >= 4 is 0 Å². The quantitative estimate of drug-likeness (QED) is 0.112. The normalized spacial score (nSPS) is 60.3. The van der Waals surface area contributed by atoms with Crippen molar-refractivity contribution < 1.29 is 10.2 Å². The number of aliphatic hydroxyl groups is 2. The van der Waals surface area contributed by atoms with Crippen molar-refractivity contribution in [3.05, 3.63) is 0 Å². The Hall–Kier alpha value is -0.360. The molecule has 16 aliphatic carbocycles. The fourth-order valence-corrected chi connectivity index (χ4v) is 29.8. The van der Waals surface area contributed by atoms with Crippen LogP contribution in [0, 0.1) is 138 Å². The third-order valence-corrected chi connectivity index (χ3v) is 34.7. The summed E-state index contributed by atoms with van der Waals surface area (Å²) in [6.07, 6.45) is 47.3. The predicted octanol–water partition coefficient (Wildman–Crippen LogP) is 13.7. The monoisotopic (exact) mass is 1180 g/mol. The summed E-state index contributed by atoms with van der Waals surface area (Å²) in [6, 6.07) is 0.747. The molecule has 85 heavy (non-hydrogen) atoms. The van der Waals surface area contributed by atoms with Crippen molar-refractivity contribution in [2.24, 2.45) is 178 Å². The van der Waals surface area contributed by atoms with Gasteiger partial charge >= 0.3 is 0 Å². The van der Waals surface area contributed by atoms with Crippen LogP contribution >= 0.6 is 0 Å². The molecule has 0 spiro atoms. The number of fused-ring (bicyclic) bond motifs is 20. The summed E-state index contributed by atoms with van der Waals surface area (Å²) in [6.45, 7) is 20.4. The summed E-state index contributed by atoms with van der Waals surface area (Å²) < 4.78 is 0. The molecule has 0 heterocycles. The highest BCUT2D eigenvalue weighted by Crippen LogP contribution is 2.71. The van der Waals surface area contributed by atoms with Crippen LogP contribution in [0.3, 0.4) is 0 Å². The lowest BCUT2D eigenvalue weighted by Crippen LogP contribution is -2.68. The standard InChI is InChI=1S/C19H35N3.C19H34N2.2C19H33NO/c1-18-8-3-4-12(18)11-5-6-14-16(21)17(22)15(20)10-19(14,2)13(11)7-9-18;1-18-9-3-4-13(18)12-5-6-15-17(21)16(20)8-11-19(15,2)14(12)7-10-18;1-18-9-3-4-13(18)12-5-6-15-17(20)16(21)8-11-19(15,2)14(12)7-10-18;1-18-8-3-4-14(18)13-6-5-12-10-16(20)17(21)11-19(12,2)15(13)7-9-18/h11-17H,3-10,20-22H2,1-2H3;12-17H,3-11,20-21H2,1-2H3;2*12-17,21H,3-11,20H2,1-2H3/t11-,12-,13-,14-,15?,16?,17?,18-,19+;2*12-,13-,14-,15-,16?,17?,18-,19+;12-,13-,14-,15-,16?,17?,18-,19-/m0000/s1. The van der Waals surface area contributed by atoms with Crippen molar-refractivity contribution in [2.45, 2.75) is 335 Å². The smallest absolute Gasteiger partial charge is 0.0696 e. The molecule has 0 bridgehead atoms. The van der Waals surface area contributed by atoms with Crippen molar-refractivity contribution in [3.8, 4) is 0 Å². The minimum atomic E-state index is -0.262. The van der Waals surface area contributed by atoms with Gasteiger partial charge in [-0.15, -0.1) is 0 Å². The second-order valence-electron chi connectivity index (χ2n) is 37.9. The third kappa shape index (κ3) is 10.2. The van der Waals surface area contributed by atoms with Crippen molar-refractivity contribution in [1.82, 2.24) is 0 Å². The summed E-state index contributed by atoms with van der Waals surface area (Å²) in [4.78, 5) is 0. The Labute approximate surface area is 520 Å². The van der Waals surface area contributed by atoms with Crippen LogP contribution < -0.4 is 40.1 Å². The zero-order valence-electron chi connectivity index (χ0n) is 56.1. The summed E-state index contributed by atoms with van der Waals surface area (Å²) in [7, 11) is 0. The molecule has 0 aromatic carbocycles. The Morgan fingerprint density at radius 3 is 1.08 bits per heavy atom. The maximum atomic E-state index is 10.4. The topological polar surface area (TPSA) is 223 Å². The van der Waals surface area contributed by atoms with Crippen LogP contribution in [0.25, 0.3) is 0 Å². The molecule has 486 valence electrons. The Bertz CT molecular complexity index is 2230. The zero-order chi connectivity index (χ0) is 60.2. The lowest BCUT2D eigenvalue weighted by atomic mass is 9.44. The fraction of sp³-hybridized carbons (Fsp3) is 1.00. The van der Waals surface area contributed by atoms with Gasteiger partial charge in [-0.2, -0.15) is 0 Å². The van der Waals surface area contributed by atoms with E-state index in [1.54, 1.807) is 0 Å². The molecule has 0 aromatic rings. The van der Waals surface area contributed by atoms with Crippen molar-refractivity contribution in [1.29, 1.82) is 0 Å². The van der Waals surface area contributed by atoms with Crippen LogP contribution in [0.1, 0.15) is 280 Å². The Kier molecular flexibility index (Phi) is 17.1. The zero-order valence-corrected chi connectivity index (χ0v) is 56.1. The van der Waals surface area contributed by atoms with Gasteiger partial charge in [-0.25, -0.2) is 0 Å². The molecule has 0 amide bonds. The Morgan fingerprint density at radius 2 is 0.635 bits per heavy atom. The van der Waals surface area contributed by atoms with Crippen LogP contribution in [0.2, 0.25) is 0 Å². The van der Waals surface area contributed by atoms with Gasteiger partial charge in [0.15, 0.2) is 0 Å². The molecule has 33 atom stereocenters. The third-order valence-electron chi connectivity index (χ3n) is 34.7. The van der Waals surface area contributed by atoms with Gasteiger partial charge in [-0.1, -0.05) is 81.1 Å². The minimum absolute atomic E-state index is 0.00466. The number of rotatable bonds is 0. The van der Waals surface area contributed by atoms with Crippen LogP contribution in [0.5, 0.6) is 0 Å². The second-order valence-corrected chi connectivity index (χ2v) is 37.9. The number of hydrogen-bond donors (Lipinski definition) is 9. The molecule has 16 aliphatic rings. The van der Waals surface area contributed by atoms with Crippen LogP contribution in [-0.4, -0.2) is 64.7 Å². The second kappa shape index (κ2) is 23.0. The van der Waals surface area contributed by atoms with Gasteiger partial charge in [-0.3, -0.25) is 0 Å². The first kappa shape index (κ1) is 63.4. The van der Waals surface area contributed by atoms with E-state index in [9.17, 15) is 10.2 Å². The first-order chi connectivity index (χ1) is 40.2. The average molecular weight is 1180 g/mol. The van der Waals surface area contributed by atoms with Crippen molar-refractivity contribution in [3.63, 3.8) is 0 Å². The molecule has 16 saturated carbocycles. The highest BCUT2D eigenvalue weighted by atomic mass is 16.3. The van der Waals surface area contributed by atoms with Gasteiger partial charge in [0.25, 0.3) is 0 Å². The average Bonchev–Trinajstić information content (AvgIpc) is 3.12. The van der Waals surface area contributed by atoms with Crippen LogP contribution in [0.15, 0.2) is 0 Å². The molecular formula is C76H135N7O2. The van der Waals surface area contributed by atoms with E-state index in [1.165, 1.54) is 193 Å². The number of hydrogen-bond acceptors (Lipinski definition) is 9. The van der Waals surface area contributed by atoms with Gasteiger partial charge < -0.3 is 50.3 Å². The SMILES string of the molecule is C[C@@]12CCC[C@H]1[C@@H]1CC[C@H]3C(N)C(N)C(N)C[C@]3(C)[C@H]1CC2.C[C@@]12CCC[C@H]1[C@@H]1CC[C@H]3C(N)C(N)CC[C@]3(C)[C@H]1CC2.C[C@@]12CCC[C@H]1[C@@H]1CC[C@H]3C(N)C(O)CC[C@]3(C)[C@H]1CC2.C[C@@]12CCC[C@H]1[C@@H]1CC[C@H]3CC(N)C(O)C[C@]3(C)[C@H]1CC2. The van der Waals surface area contributed by atoms with Gasteiger partial charge in [0.05, 0.1) is 12.2 Å². The molecule has 0 saturated heterocycles.